The number of carbonyl (C=O) groups excluding carboxylic acids is 2. The largest absolute Gasteiger partial charge is 0.484 e. The van der Waals surface area contributed by atoms with Gasteiger partial charge in [-0.3, -0.25) is 14.6 Å². The molecule has 1 aromatic heterocycles. The van der Waals surface area contributed by atoms with Crippen LogP contribution in [0.2, 0.25) is 0 Å². The second kappa shape index (κ2) is 8.67. The molecule has 0 spiro atoms. The number of benzene rings is 1. The van der Waals surface area contributed by atoms with Gasteiger partial charge in [-0.1, -0.05) is 0 Å². The normalized spacial score (nSPS) is 10.1. The number of rotatable bonds is 7. The van der Waals surface area contributed by atoms with Crippen molar-refractivity contribution in [3.63, 3.8) is 0 Å². The van der Waals surface area contributed by atoms with Crippen LogP contribution >= 0.6 is 0 Å². The summed E-state index contributed by atoms with van der Waals surface area (Å²) in [6, 6.07) is 10.2. The topological polar surface area (TPSA) is 71.5 Å². The first-order valence-corrected chi connectivity index (χ1v) is 7.86. The zero-order valence-corrected chi connectivity index (χ0v) is 13.9. The Kier molecular flexibility index (Phi) is 6.31. The Hall–Kier alpha value is -2.89. The number of ether oxygens (including phenoxy) is 1. The highest BCUT2D eigenvalue weighted by Gasteiger charge is 2.12. The Bertz CT molecular complexity index is 668. The quantitative estimate of drug-likeness (QED) is 0.848. The lowest BCUT2D eigenvalue weighted by atomic mass is 10.2. The van der Waals surface area contributed by atoms with Crippen LogP contribution in [0.1, 0.15) is 24.2 Å². The third-order valence-electron chi connectivity index (χ3n) is 3.49. The molecule has 0 saturated heterocycles. The highest BCUT2D eigenvalue weighted by Crippen LogP contribution is 2.14. The van der Waals surface area contributed by atoms with E-state index >= 15 is 0 Å². The first kappa shape index (κ1) is 17.5. The number of aromatic nitrogens is 1. The molecule has 0 fully saturated rings. The Morgan fingerprint density at radius 1 is 1.04 bits per heavy atom. The van der Waals surface area contributed by atoms with Gasteiger partial charge in [0.2, 0.25) is 0 Å². The number of pyridine rings is 1. The molecule has 0 saturated carbocycles. The summed E-state index contributed by atoms with van der Waals surface area (Å²) in [6.45, 7) is 5.12. The molecule has 0 aliphatic rings. The maximum Gasteiger partial charge on any atom is 0.262 e. The molecule has 1 aromatic carbocycles. The minimum atomic E-state index is -0.260. The third-order valence-corrected chi connectivity index (χ3v) is 3.49. The van der Waals surface area contributed by atoms with Gasteiger partial charge in [-0.15, -0.1) is 0 Å². The van der Waals surface area contributed by atoms with Crippen molar-refractivity contribution in [2.45, 2.75) is 13.8 Å². The molecule has 0 radical (unpaired) electrons. The second-order valence-corrected chi connectivity index (χ2v) is 5.07. The molecular weight excluding hydrogens is 306 g/mol. The molecule has 2 rings (SSSR count). The van der Waals surface area contributed by atoms with E-state index in [1.54, 1.807) is 53.7 Å². The van der Waals surface area contributed by atoms with E-state index in [0.29, 0.717) is 30.1 Å². The van der Waals surface area contributed by atoms with Crippen LogP contribution in [0.5, 0.6) is 5.75 Å². The number of anilines is 1. The van der Waals surface area contributed by atoms with Crippen molar-refractivity contribution in [3.05, 3.63) is 54.4 Å². The Labute approximate surface area is 141 Å². The summed E-state index contributed by atoms with van der Waals surface area (Å²) in [4.78, 5) is 29.6. The van der Waals surface area contributed by atoms with E-state index in [2.05, 4.69) is 10.3 Å². The highest BCUT2D eigenvalue weighted by atomic mass is 16.5. The van der Waals surface area contributed by atoms with Gasteiger partial charge in [-0.05, 0) is 50.2 Å². The van der Waals surface area contributed by atoms with Gasteiger partial charge in [0.25, 0.3) is 11.8 Å². The van der Waals surface area contributed by atoms with Crippen LogP contribution in [-0.4, -0.2) is 41.4 Å². The van der Waals surface area contributed by atoms with Crippen LogP contribution in [0.25, 0.3) is 0 Å². The molecule has 0 atom stereocenters. The summed E-state index contributed by atoms with van der Waals surface area (Å²) in [7, 11) is 0. The first-order chi connectivity index (χ1) is 11.6. The van der Waals surface area contributed by atoms with Gasteiger partial charge in [-0.2, -0.15) is 0 Å². The van der Waals surface area contributed by atoms with Crippen molar-refractivity contribution < 1.29 is 14.3 Å². The van der Waals surface area contributed by atoms with E-state index in [4.69, 9.17) is 4.74 Å². The molecule has 6 heteroatoms. The van der Waals surface area contributed by atoms with E-state index in [9.17, 15) is 9.59 Å². The zero-order chi connectivity index (χ0) is 17.4. The van der Waals surface area contributed by atoms with Crippen LogP contribution in [-0.2, 0) is 4.79 Å². The Balaban J connectivity index is 1.87. The molecular formula is C18H21N3O3. The van der Waals surface area contributed by atoms with Crippen LogP contribution in [0.15, 0.2) is 48.8 Å². The minimum Gasteiger partial charge on any atom is -0.484 e. The monoisotopic (exact) mass is 327 g/mol. The number of nitrogens with one attached hydrogen (secondary N) is 1. The molecule has 24 heavy (non-hydrogen) atoms. The molecule has 126 valence electrons. The molecule has 1 heterocycles. The summed E-state index contributed by atoms with van der Waals surface area (Å²) in [5.41, 5.74) is 1.27. The van der Waals surface area contributed by atoms with Crippen molar-refractivity contribution in [1.29, 1.82) is 0 Å². The molecule has 0 unspecified atom stereocenters. The van der Waals surface area contributed by atoms with Gasteiger partial charge < -0.3 is 15.0 Å². The van der Waals surface area contributed by atoms with Crippen molar-refractivity contribution >= 4 is 17.5 Å². The van der Waals surface area contributed by atoms with Gasteiger partial charge in [0, 0.05) is 36.7 Å². The van der Waals surface area contributed by atoms with Crippen LogP contribution in [0.3, 0.4) is 0 Å². The smallest absolute Gasteiger partial charge is 0.262 e. The summed E-state index contributed by atoms with van der Waals surface area (Å²) in [5.74, 6) is 0.266. The molecule has 2 aromatic rings. The number of hydrogen-bond acceptors (Lipinski definition) is 4. The third kappa shape index (κ3) is 4.81. The van der Waals surface area contributed by atoms with Crippen LogP contribution in [0.4, 0.5) is 5.69 Å². The average molecular weight is 327 g/mol. The van der Waals surface area contributed by atoms with E-state index in [0.717, 1.165) is 0 Å². The number of hydrogen-bond donors (Lipinski definition) is 1. The molecule has 0 aliphatic heterocycles. The Morgan fingerprint density at radius 3 is 2.25 bits per heavy atom. The van der Waals surface area contributed by atoms with Gasteiger partial charge in [0.05, 0.1) is 0 Å². The van der Waals surface area contributed by atoms with Crippen LogP contribution < -0.4 is 10.1 Å². The fourth-order valence-corrected chi connectivity index (χ4v) is 2.17. The van der Waals surface area contributed by atoms with Gasteiger partial charge in [0.15, 0.2) is 6.61 Å². The van der Waals surface area contributed by atoms with Gasteiger partial charge >= 0.3 is 0 Å². The fourth-order valence-electron chi connectivity index (χ4n) is 2.17. The lowest BCUT2D eigenvalue weighted by molar-refractivity contribution is -0.118. The van der Waals surface area contributed by atoms with E-state index < -0.39 is 0 Å². The van der Waals surface area contributed by atoms with Crippen molar-refractivity contribution in [1.82, 2.24) is 9.88 Å². The number of amides is 2. The fraction of sp³-hybridized carbons (Fsp3) is 0.278. The summed E-state index contributed by atoms with van der Waals surface area (Å²) < 4.78 is 5.44. The average Bonchev–Trinajstić information content (AvgIpc) is 2.62. The van der Waals surface area contributed by atoms with Crippen molar-refractivity contribution in [2.75, 3.05) is 25.0 Å². The molecule has 2 amide bonds. The predicted octanol–water partition coefficient (Wildman–Crippen LogP) is 2.58. The number of carbonyl (C=O) groups is 2. The Morgan fingerprint density at radius 2 is 1.67 bits per heavy atom. The zero-order valence-electron chi connectivity index (χ0n) is 13.9. The lowest BCUT2D eigenvalue weighted by Gasteiger charge is -2.18. The maximum atomic E-state index is 12.2. The van der Waals surface area contributed by atoms with E-state index in [-0.39, 0.29) is 18.4 Å². The van der Waals surface area contributed by atoms with Gasteiger partial charge in [0.1, 0.15) is 5.75 Å². The minimum absolute atomic E-state index is 0.0121. The molecule has 0 bridgehead atoms. The summed E-state index contributed by atoms with van der Waals surface area (Å²) in [5, 5.41) is 2.71. The van der Waals surface area contributed by atoms with E-state index in [1.807, 2.05) is 13.8 Å². The number of nitrogens with zero attached hydrogens (tertiary/aromatic N) is 2. The van der Waals surface area contributed by atoms with E-state index in [1.165, 1.54) is 0 Å². The molecule has 6 nitrogen and oxygen atoms in total. The summed E-state index contributed by atoms with van der Waals surface area (Å²) in [6.07, 6.45) is 3.20. The van der Waals surface area contributed by atoms with Crippen molar-refractivity contribution in [3.8, 4) is 5.75 Å². The predicted molar refractivity (Wildman–Crippen MR) is 92.1 cm³/mol. The highest BCUT2D eigenvalue weighted by molar-refractivity contribution is 5.94. The second-order valence-electron chi connectivity index (χ2n) is 5.07. The standard InChI is InChI=1S/C18H21N3O3/c1-3-21(4-2)18(23)14-5-7-16(8-6-14)24-13-17(22)20-15-9-11-19-12-10-15/h5-12H,3-4,13H2,1-2H3,(H,19,20,22). The van der Waals surface area contributed by atoms with Crippen LogP contribution in [0, 0.1) is 0 Å². The first-order valence-electron chi connectivity index (χ1n) is 7.86. The molecule has 1 N–H and O–H groups in total. The SMILES string of the molecule is CCN(CC)C(=O)c1ccc(OCC(=O)Nc2ccncc2)cc1. The molecule has 0 aliphatic carbocycles. The van der Waals surface area contributed by atoms with Crippen molar-refractivity contribution in [2.24, 2.45) is 0 Å². The lowest BCUT2D eigenvalue weighted by Crippen LogP contribution is -2.30. The maximum absolute atomic E-state index is 12.2. The van der Waals surface area contributed by atoms with Gasteiger partial charge in [-0.25, -0.2) is 0 Å². The summed E-state index contributed by atoms with van der Waals surface area (Å²) >= 11 is 0.